The standard InChI is InChI=1S/C23H20N2O4S/c1-3-29-22(28)19-14(2)24-23-25(20(19)16-7-5-4-6-8-16)21(27)18(30-23)13-15-9-11-17(26)12-10-15/h4-13,20,26H,3H2,1-2H3/b18-13+/t20-/m1/s1. The highest BCUT2D eigenvalue weighted by molar-refractivity contribution is 7.07. The van der Waals surface area contributed by atoms with Gasteiger partial charge in [-0.05, 0) is 43.2 Å². The van der Waals surface area contributed by atoms with Crippen molar-refractivity contribution in [2.45, 2.75) is 19.9 Å². The van der Waals surface area contributed by atoms with Crippen molar-refractivity contribution in [1.82, 2.24) is 4.57 Å². The van der Waals surface area contributed by atoms with E-state index < -0.39 is 12.0 Å². The zero-order valence-corrected chi connectivity index (χ0v) is 17.3. The number of phenols is 1. The second kappa shape index (κ2) is 8.12. The molecule has 2 heterocycles. The van der Waals surface area contributed by atoms with E-state index in [9.17, 15) is 14.7 Å². The summed E-state index contributed by atoms with van der Waals surface area (Å²) in [6.07, 6.45) is 1.76. The fraction of sp³-hybridized carbons (Fsp3) is 0.174. The van der Waals surface area contributed by atoms with E-state index in [-0.39, 0.29) is 17.9 Å². The van der Waals surface area contributed by atoms with Crippen LogP contribution in [0, 0.1) is 0 Å². The zero-order chi connectivity index (χ0) is 21.3. The second-order valence-electron chi connectivity index (χ2n) is 6.80. The SMILES string of the molecule is CCOC(=O)C1=C(C)N=c2s/c(=C/c3ccc(O)cc3)c(=O)n2[C@@H]1c1ccccc1. The second-order valence-corrected chi connectivity index (χ2v) is 7.81. The minimum Gasteiger partial charge on any atom is -0.508 e. The maximum atomic E-state index is 13.4. The molecule has 30 heavy (non-hydrogen) atoms. The molecule has 1 aromatic heterocycles. The van der Waals surface area contributed by atoms with E-state index in [4.69, 9.17) is 4.74 Å². The molecule has 1 aliphatic rings. The highest BCUT2D eigenvalue weighted by Crippen LogP contribution is 2.30. The Hall–Kier alpha value is -3.45. The smallest absolute Gasteiger partial charge is 0.338 e. The van der Waals surface area contributed by atoms with Crippen molar-refractivity contribution in [2.24, 2.45) is 4.99 Å². The van der Waals surface area contributed by atoms with Crippen LogP contribution < -0.4 is 14.9 Å². The molecule has 0 spiro atoms. The quantitative estimate of drug-likeness (QED) is 0.658. The van der Waals surface area contributed by atoms with Gasteiger partial charge in [0.2, 0.25) is 0 Å². The van der Waals surface area contributed by atoms with E-state index in [1.807, 2.05) is 30.3 Å². The number of thiazole rings is 1. The molecule has 0 unspecified atom stereocenters. The molecule has 3 aromatic rings. The minimum absolute atomic E-state index is 0.160. The highest BCUT2D eigenvalue weighted by atomic mass is 32.1. The summed E-state index contributed by atoms with van der Waals surface area (Å²) in [4.78, 5) is 31.2. The van der Waals surface area contributed by atoms with Gasteiger partial charge < -0.3 is 9.84 Å². The van der Waals surface area contributed by atoms with Crippen LogP contribution in [0.3, 0.4) is 0 Å². The number of rotatable bonds is 4. The lowest BCUT2D eigenvalue weighted by atomic mass is 9.96. The van der Waals surface area contributed by atoms with Crippen molar-refractivity contribution < 1.29 is 14.6 Å². The Bertz CT molecular complexity index is 1300. The number of aromatic hydroxyl groups is 1. The van der Waals surface area contributed by atoms with Gasteiger partial charge in [0.15, 0.2) is 4.80 Å². The van der Waals surface area contributed by atoms with Gasteiger partial charge in [-0.25, -0.2) is 9.79 Å². The summed E-state index contributed by atoms with van der Waals surface area (Å²) < 4.78 is 7.33. The number of allylic oxidation sites excluding steroid dienone is 1. The monoisotopic (exact) mass is 420 g/mol. The molecule has 0 bridgehead atoms. The van der Waals surface area contributed by atoms with Crippen LogP contribution in [0.5, 0.6) is 5.75 Å². The Morgan fingerprint density at radius 2 is 1.90 bits per heavy atom. The predicted octanol–water partition coefficient (Wildman–Crippen LogP) is 2.50. The maximum Gasteiger partial charge on any atom is 0.338 e. The number of fused-ring (bicyclic) bond motifs is 1. The fourth-order valence-electron chi connectivity index (χ4n) is 3.46. The Kier molecular flexibility index (Phi) is 5.37. The summed E-state index contributed by atoms with van der Waals surface area (Å²) in [6.45, 7) is 3.75. The van der Waals surface area contributed by atoms with Crippen LogP contribution in [0.1, 0.15) is 31.0 Å². The normalized spacial score (nSPS) is 16.2. The van der Waals surface area contributed by atoms with Crippen LogP contribution in [-0.4, -0.2) is 22.2 Å². The van der Waals surface area contributed by atoms with Crippen LogP contribution in [0.2, 0.25) is 0 Å². The first-order valence-electron chi connectivity index (χ1n) is 9.53. The Labute approximate surface area is 176 Å². The van der Waals surface area contributed by atoms with E-state index in [0.717, 1.165) is 11.1 Å². The third-order valence-electron chi connectivity index (χ3n) is 4.82. The molecule has 1 aliphatic heterocycles. The van der Waals surface area contributed by atoms with Crippen LogP contribution in [0.25, 0.3) is 6.08 Å². The molecule has 0 amide bonds. The number of phenolic OH excluding ortho intramolecular Hbond substituents is 1. The van der Waals surface area contributed by atoms with Crippen LogP contribution >= 0.6 is 11.3 Å². The van der Waals surface area contributed by atoms with Crippen LogP contribution in [0.15, 0.2) is 75.7 Å². The number of nitrogens with zero attached hydrogens (tertiary/aromatic N) is 2. The van der Waals surface area contributed by atoms with Gasteiger partial charge in [0, 0.05) is 0 Å². The number of carbonyl (C=O) groups is 1. The number of hydrogen-bond acceptors (Lipinski definition) is 6. The minimum atomic E-state index is -0.608. The molecule has 0 radical (unpaired) electrons. The van der Waals surface area contributed by atoms with Gasteiger partial charge in [0.1, 0.15) is 5.75 Å². The first kappa shape index (κ1) is 19.8. The molecule has 0 fully saturated rings. The fourth-order valence-corrected chi connectivity index (χ4v) is 4.51. The average Bonchev–Trinajstić information content (AvgIpc) is 3.04. The molecule has 0 saturated heterocycles. The third kappa shape index (κ3) is 3.59. The number of esters is 1. The molecule has 7 heteroatoms. The zero-order valence-electron chi connectivity index (χ0n) is 16.5. The summed E-state index contributed by atoms with van der Waals surface area (Å²) >= 11 is 1.27. The molecule has 4 rings (SSSR count). The van der Waals surface area contributed by atoms with Crippen LogP contribution in [0.4, 0.5) is 0 Å². The number of benzene rings is 2. The topological polar surface area (TPSA) is 80.9 Å². The number of aromatic nitrogens is 1. The maximum absolute atomic E-state index is 13.4. The van der Waals surface area contributed by atoms with Crippen molar-refractivity contribution in [2.75, 3.05) is 6.61 Å². The van der Waals surface area contributed by atoms with Gasteiger partial charge in [-0.15, -0.1) is 0 Å². The van der Waals surface area contributed by atoms with Gasteiger partial charge in [-0.2, -0.15) is 0 Å². The summed E-state index contributed by atoms with van der Waals surface area (Å²) in [5.74, 6) is -0.312. The van der Waals surface area contributed by atoms with Gasteiger partial charge in [-0.3, -0.25) is 9.36 Å². The molecule has 152 valence electrons. The highest BCUT2D eigenvalue weighted by Gasteiger charge is 2.33. The van der Waals surface area contributed by atoms with E-state index in [2.05, 4.69) is 4.99 Å². The molecule has 2 aromatic carbocycles. The Morgan fingerprint density at radius 1 is 1.20 bits per heavy atom. The van der Waals surface area contributed by atoms with E-state index in [1.165, 1.54) is 11.3 Å². The molecule has 0 aliphatic carbocycles. The van der Waals surface area contributed by atoms with Gasteiger partial charge in [0.25, 0.3) is 5.56 Å². The van der Waals surface area contributed by atoms with Gasteiger partial charge in [0.05, 0.1) is 28.5 Å². The number of hydrogen-bond donors (Lipinski definition) is 1. The summed E-state index contributed by atoms with van der Waals surface area (Å²) in [7, 11) is 0. The number of carbonyl (C=O) groups excluding carboxylic acids is 1. The first-order valence-corrected chi connectivity index (χ1v) is 10.3. The largest absolute Gasteiger partial charge is 0.508 e. The van der Waals surface area contributed by atoms with Crippen molar-refractivity contribution in [3.05, 3.63) is 96.7 Å². The molecule has 1 atom stereocenters. The predicted molar refractivity (Wildman–Crippen MR) is 115 cm³/mol. The number of ether oxygens (including phenoxy) is 1. The lowest BCUT2D eigenvalue weighted by Crippen LogP contribution is -2.39. The first-order chi connectivity index (χ1) is 14.5. The van der Waals surface area contributed by atoms with Gasteiger partial charge >= 0.3 is 5.97 Å². The molecular formula is C23H20N2O4S. The van der Waals surface area contributed by atoms with Crippen molar-refractivity contribution in [3.8, 4) is 5.75 Å². The van der Waals surface area contributed by atoms with Crippen molar-refractivity contribution in [3.63, 3.8) is 0 Å². The molecule has 1 N–H and O–H groups in total. The Morgan fingerprint density at radius 3 is 2.57 bits per heavy atom. The van der Waals surface area contributed by atoms with E-state index in [1.54, 1.807) is 48.8 Å². The van der Waals surface area contributed by atoms with Crippen molar-refractivity contribution >= 4 is 23.4 Å². The lowest BCUT2D eigenvalue weighted by Gasteiger charge is -2.24. The Balaban J connectivity index is 1.94. The lowest BCUT2D eigenvalue weighted by molar-refractivity contribution is -0.139. The van der Waals surface area contributed by atoms with E-state index in [0.29, 0.717) is 20.6 Å². The van der Waals surface area contributed by atoms with Gasteiger partial charge in [-0.1, -0.05) is 53.8 Å². The van der Waals surface area contributed by atoms with Crippen molar-refractivity contribution in [1.29, 1.82) is 0 Å². The summed E-state index contributed by atoms with van der Waals surface area (Å²) in [5, 5.41) is 9.48. The molecular weight excluding hydrogens is 400 g/mol. The molecule has 6 nitrogen and oxygen atoms in total. The third-order valence-corrected chi connectivity index (χ3v) is 5.81. The average molecular weight is 420 g/mol. The summed E-state index contributed by atoms with van der Waals surface area (Å²) in [5.41, 5.74) is 2.28. The van der Waals surface area contributed by atoms with Crippen LogP contribution in [-0.2, 0) is 9.53 Å². The van der Waals surface area contributed by atoms with E-state index >= 15 is 0 Å². The summed E-state index contributed by atoms with van der Waals surface area (Å²) in [6, 6.07) is 15.4. The molecule has 0 saturated carbocycles.